The largest absolute Gasteiger partial charge is 0.392 e. The van der Waals surface area contributed by atoms with Crippen molar-refractivity contribution in [1.29, 1.82) is 0 Å². The van der Waals surface area contributed by atoms with E-state index in [2.05, 4.69) is 17.1 Å². The monoisotopic (exact) mass is 309 g/mol. The van der Waals surface area contributed by atoms with Crippen LogP contribution in [0.2, 0.25) is 0 Å². The van der Waals surface area contributed by atoms with E-state index < -0.39 is 0 Å². The van der Waals surface area contributed by atoms with Crippen molar-refractivity contribution >= 4 is 5.91 Å². The molecule has 0 radical (unpaired) electrons. The second-order valence-electron chi connectivity index (χ2n) is 7.58. The van der Waals surface area contributed by atoms with Gasteiger partial charge < -0.3 is 15.3 Å². The fourth-order valence-corrected chi connectivity index (χ4v) is 4.54. The molecule has 1 aliphatic carbocycles. The van der Waals surface area contributed by atoms with E-state index in [-0.39, 0.29) is 12.1 Å². The molecule has 3 aliphatic rings. The van der Waals surface area contributed by atoms with E-state index in [9.17, 15) is 9.90 Å². The topological polar surface area (TPSA) is 55.8 Å². The molecule has 5 unspecified atom stereocenters. The molecule has 3 fully saturated rings. The maximum absolute atomic E-state index is 12.8. The molecule has 3 rings (SSSR count). The highest BCUT2D eigenvalue weighted by atomic mass is 16.3. The van der Waals surface area contributed by atoms with E-state index in [1.165, 1.54) is 25.7 Å². The Labute approximate surface area is 134 Å². The summed E-state index contributed by atoms with van der Waals surface area (Å²) in [5, 5.41) is 13.2. The lowest BCUT2D eigenvalue weighted by molar-refractivity contribution is -0.136. The number of piperazine rings is 1. The smallest absolute Gasteiger partial charge is 0.239 e. The van der Waals surface area contributed by atoms with Crippen LogP contribution in [0.15, 0.2) is 0 Å². The van der Waals surface area contributed by atoms with Crippen molar-refractivity contribution in [2.75, 3.05) is 26.2 Å². The van der Waals surface area contributed by atoms with Gasteiger partial charge >= 0.3 is 0 Å². The van der Waals surface area contributed by atoms with E-state index >= 15 is 0 Å². The number of hydrogen-bond acceptors (Lipinski definition) is 4. The lowest BCUT2D eigenvalue weighted by Gasteiger charge is -2.41. The Balaban J connectivity index is 1.53. The molecule has 1 amide bonds. The van der Waals surface area contributed by atoms with Crippen LogP contribution in [0.3, 0.4) is 0 Å². The summed E-state index contributed by atoms with van der Waals surface area (Å²) in [5.41, 5.74) is 0. The van der Waals surface area contributed by atoms with Gasteiger partial charge in [0.25, 0.3) is 0 Å². The quantitative estimate of drug-likeness (QED) is 0.810. The summed E-state index contributed by atoms with van der Waals surface area (Å²) < 4.78 is 0. The Kier molecular flexibility index (Phi) is 5.05. The normalized spacial score (nSPS) is 37.9. The van der Waals surface area contributed by atoms with Crippen molar-refractivity contribution in [3.8, 4) is 0 Å². The fraction of sp³-hybridized carbons (Fsp3) is 0.941. The number of rotatable bonds is 3. The Hall–Kier alpha value is -0.650. The zero-order valence-corrected chi connectivity index (χ0v) is 14.0. The average Bonchev–Trinajstić information content (AvgIpc) is 2.92. The third kappa shape index (κ3) is 3.47. The molecule has 2 aliphatic heterocycles. The average molecular weight is 309 g/mol. The van der Waals surface area contributed by atoms with E-state index in [4.69, 9.17) is 0 Å². The Morgan fingerprint density at radius 1 is 1.32 bits per heavy atom. The minimum atomic E-state index is -0.302. The van der Waals surface area contributed by atoms with Crippen molar-refractivity contribution in [2.45, 2.75) is 70.2 Å². The van der Waals surface area contributed by atoms with Gasteiger partial charge in [-0.3, -0.25) is 9.69 Å². The van der Waals surface area contributed by atoms with Crippen LogP contribution in [0.1, 0.15) is 46.0 Å². The summed E-state index contributed by atoms with van der Waals surface area (Å²) in [6.45, 7) is 7.15. The molecule has 1 saturated carbocycles. The molecule has 0 bridgehead atoms. The molecule has 0 aromatic carbocycles. The molecule has 5 heteroatoms. The molecule has 0 aromatic heterocycles. The van der Waals surface area contributed by atoms with Gasteiger partial charge in [-0.1, -0.05) is 12.8 Å². The summed E-state index contributed by atoms with van der Waals surface area (Å²) in [6.07, 6.45) is 5.91. The number of carbonyl (C=O) groups excluding carboxylic acids is 1. The van der Waals surface area contributed by atoms with Crippen molar-refractivity contribution in [3.63, 3.8) is 0 Å². The number of carbonyl (C=O) groups is 1. The van der Waals surface area contributed by atoms with E-state index in [0.29, 0.717) is 24.5 Å². The highest BCUT2D eigenvalue weighted by Gasteiger charge is 2.40. The number of aliphatic hydroxyl groups is 1. The van der Waals surface area contributed by atoms with Gasteiger partial charge in [0.2, 0.25) is 5.91 Å². The van der Waals surface area contributed by atoms with Gasteiger partial charge in [-0.2, -0.15) is 0 Å². The zero-order valence-electron chi connectivity index (χ0n) is 14.0. The number of β-amino-alcohol motifs (C(OH)–C–C–N with tert-alkyl or cyclic N) is 1. The number of aliphatic hydroxyl groups excluding tert-OH is 1. The maximum Gasteiger partial charge on any atom is 0.239 e. The van der Waals surface area contributed by atoms with Crippen LogP contribution < -0.4 is 5.32 Å². The minimum Gasteiger partial charge on any atom is -0.392 e. The number of nitrogens with one attached hydrogen (secondary N) is 1. The molecule has 126 valence electrons. The standard InChI is InChI=1S/C17H31N3O2/c1-12-10-20(8-7-19(12)11-13(2)21)17(22)16-9-14-5-3-4-6-15(14)18-16/h12-16,18,21H,3-11H2,1-2H3. The number of hydrogen-bond donors (Lipinski definition) is 2. The minimum absolute atomic E-state index is 0.0450. The molecule has 2 N–H and O–H groups in total. The first kappa shape index (κ1) is 16.2. The molecule has 5 atom stereocenters. The lowest BCUT2D eigenvalue weighted by Crippen LogP contribution is -2.57. The molecule has 2 heterocycles. The predicted molar refractivity (Wildman–Crippen MR) is 86.6 cm³/mol. The van der Waals surface area contributed by atoms with Gasteiger partial charge in [0.1, 0.15) is 0 Å². The first-order valence-corrected chi connectivity index (χ1v) is 9.01. The van der Waals surface area contributed by atoms with Crippen LogP contribution in [-0.2, 0) is 4.79 Å². The summed E-state index contributed by atoms with van der Waals surface area (Å²) in [5.74, 6) is 1.02. The lowest BCUT2D eigenvalue weighted by atomic mass is 9.85. The van der Waals surface area contributed by atoms with E-state index in [0.717, 1.165) is 32.0 Å². The highest BCUT2D eigenvalue weighted by molar-refractivity contribution is 5.82. The van der Waals surface area contributed by atoms with Crippen LogP contribution in [0.5, 0.6) is 0 Å². The van der Waals surface area contributed by atoms with Crippen molar-refractivity contribution in [3.05, 3.63) is 0 Å². The van der Waals surface area contributed by atoms with Crippen LogP contribution in [0.25, 0.3) is 0 Å². The Morgan fingerprint density at radius 2 is 2.09 bits per heavy atom. The summed E-state index contributed by atoms with van der Waals surface area (Å²) in [4.78, 5) is 17.1. The molecule has 0 aromatic rings. The van der Waals surface area contributed by atoms with Crippen molar-refractivity contribution in [1.82, 2.24) is 15.1 Å². The van der Waals surface area contributed by atoms with Crippen LogP contribution in [-0.4, -0.2) is 71.2 Å². The number of amides is 1. The second kappa shape index (κ2) is 6.85. The number of nitrogens with zero attached hydrogens (tertiary/aromatic N) is 2. The van der Waals surface area contributed by atoms with Gasteiger partial charge in [-0.25, -0.2) is 0 Å². The molecule has 5 nitrogen and oxygen atoms in total. The molecular formula is C17H31N3O2. The summed E-state index contributed by atoms with van der Waals surface area (Å²) in [7, 11) is 0. The van der Waals surface area contributed by atoms with Crippen LogP contribution in [0.4, 0.5) is 0 Å². The van der Waals surface area contributed by atoms with Gasteiger partial charge in [-0.05, 0) is 39.0 Å². The predicted octanol–water partition coefficient (Wildman–Crippen LogP) is 0.821. The van der Waals surface area contributed by atoms with Crippen LogP contribution >= 0.6 is 0 Å². The van der Waals surface area contributed by atoms with Crippen molar-refractivity contribution < 1.29 is 9.90 Å². The van der Waals surface area contributed by atoms with Crippen molar-refractivity contribution in [2.24, 2.45) is 5.92 Å². The van der Waals surface area contributed by atoms with Crippen LogP contribution in [0, 0.1) is 5.92 Å². The van der Waals surface area contributed by atoms with E-state index in [1.807, 2.05) is 11.8 Å². The molecular weight excluding hydrogens is 278 g/mol. The van der Waals surface area contributed by atoms with Gasteiger partial charge in [-0.15, -0.1) is 0 Å². The Bertz CT molecular complexity index is 387. The summed E-state index contributed by atoms with van der Waals surface area (Å²) in [6, 6.07) is 0.955. The first-order chi connectivity index (χ1) is 10.5. The zero-order chi connectivity index (χ0) is 15.7. The highest BCUT2D eigenvalue weighted by Crippen LogP contribution is 2.33. The maximum atomic E-state index is 12.8. The first-order valence-electron chi connectivity index (χ1n) is 9.01. The third-order valence-electron chi connectivity index (χ3n) is 5.74. The molecule has 0 spiro atoms. The fourth-order valence-electron chi connectivity index (χ4n) is 4.54. The molecule has 22 heavy (non-hydrogen) atoms. The number of fused-ring (bicyclic) bond motifs is 1. The van der Waals surface area contributed by atoms with Gasteiger partial charge in [0, 0.05) is 38.3 Å². The molecule has 2 saturated heterocycles. The Morgan fingerprint density at radius 3 is 2.77 bits per heavy atom. The second-order valence-corrected chi connectivity index (χ2v) is 7.58. The summed E-state index contributed by atoms with van der Waals surface area (Å²) >= 11 is 0. The van der Waals surface area contributed by atoms with Gasteiger partial charge in [0.05, 0.1) is 12.1 Å². The SMILES string of the molecule is CC(O)CN1CCN(C(=O)C2CC3CCCCC3N2)CC1C. The third-order valence-corrected chi connectivity index (χ3v) is 5.74. The van der Waals surface area contributed by atoms with Gasteiger partial charge in [0.15, 0.2) is 0 Å². The van der Waals surface area contributed by atoms with E-state index in [1.54, 1.807) is 0 Å².